The average molecular weight is 369 g/mol. The predicted octanol–water partition coefficient (Wildman–Crippen LogP) is 2.18. The number of carbonyl (C=O) groups excluding carboxylic acids is 1. The molecule has 1 atom stereocenters. The maximum atomic E-state index is 13.1. The van der Waals surface area contributed by atoms with Crippen LogP contribution in [0, 0.1) is 5.82 Å². The van der Waals surface area contributed by atoms with Gasteiger partial charge in [-0.1, -0.05) is 18.2 Å². The van der Waals surface area contributed by atoms with Gasteiger partial charge in [0, 0.05) is 19.6 Å². The van der Waals surface area contributed by atoms with Crippen molar-refractivity contribution in [3.05, 3.63) is 54.1 Å². The first-order valence-electron chi connectivity index (χ1n) is 8.96. The zero-order valence-electron chi connectivity index (χ0n) is 15.3. The van der Waals surface area contributed by atoms with E-state index < -0.39 is 0 Å². The molecule has 0 aliphatic carbocycles. The number of hydrogen-bond donors (Lipinski definition) is 3. The topological polar surface area (TPSA) is 99.0 Å². The molecule has 27 heavy (non-hydrogen) atoms. The minimum Gasteiger partial charge on any atom is -0.348 e. The fraction of sp³-hybridized carbons (Fsp3) is 0.300. The number of halogens is 1. The van der Waals surface area contributed by atoms with Gasteiger partial charge in [-0.3, -0.25) is 4.79 Å². The minimum atomic E-state index is -0.277. The molecule has 2 aromatic carbocycles. The number of imidazole rings is 1. The lowest BCUT2D eigenvalue weighted by Gasteiger charge is -2.11. The van der Waals surface area contributed by atoms with Gasteiger partial charge in [-0.15, -0.1) is 0 Å². The molecule has 6 nitrogen and oxygen atoms in total. The van der Waals surface area contributed by atoms with E-state index in [1.165, 1.54) is 12.1 Å². The summed E-state index contributed by atoms with van der Waals surface area (Å²) in [5.74, 6) is -0.214. The van der Waals surface area contributed by atoms with Crippen LogP contribution in [-0.4, -0.2) is 34.6 Å². The van der Waals surface area contributed by atoms with Gasteiger partial charge in [-0.05, 0) is 54.8 Å². The molecule has 0 saturated heterocycles. The van der Waals surface area contributed by atoms with Crippen LogP contribution in [0.4, 0.5) is 4.39 Å². The molecular weight excluding hydrogens is 345 g/mol. The normalized spacial score (nSPS) is 12.3. The van der Waals surface area contributed by atoms with Gasteiger partial charge in [0.1, 0.15) is 5.82 Å². The second-order valence-corrected chi connectivity index (χ2v) is 6.61. The Morgan fingerprint density at radius 2 is 1.93 bits per heavy atom. The molecule has 1 aromatic heterocycles. The summed E-state index contributed by atoms with van der Waals surface area (Å²) >= 11 is 0. The van der Waals surface area contributed by atoms with E-state index in [4.69, 9.17) is 11.5 Å². The number of nitrogens with two attached hydrogens (primary N) is 2. The SMILES string of the molecule is Cn1c(C(=O)NC[C@@H](N)CCCN)nc2cc(-c3ccc(F)cc3)ccc21. The Balaban J connectivity index is 1.79. The van der Waals surface area contributed by atoms with Gasteiger partial charge in [0.05, 0.1) is 11.0 Å². The maximum Gasteiger partial charge on any atom is 0.287 e. The van der Waals surface area contributed by atoms with Crippen LogP contribution in [0.15, 0.2) is 42.5 Å². The van der Waals surface area contributed by atoms with E-state index in [1.54, 1.807) is 23.7 Å². The highest BCUT2D eigenvalue weighted by Crippen LogP contribution is 2.24. The fourth-order valence-electron chi connectivity index (χ4n) is 3.01. The summed E-state index contributed by atoms with van der Waals surface area (Å²) in [6.07, 6.45) is 1.59. The van der Waals surface area contributed by atoms with Crippen molar-refractivity contribution in [1.82, 2.24) is 14.9 Å². The summed E-state index contributed by atoms with van der Waals surface area (Å²) in [7, 11) is 1.80. The number of rotatable bonds is 7. The third-order valence-electron chi connectivity index (χ3n) is 4.57. The third-order valence-corrected chi connectivity index (χ3v) is 4.57. The number of nitrogens with zero attached hydrogens (tertiary/aromatic N) is 2. The van der Waals surface area contributed by atoms with Crippen molar-refractivity contribution in [2.24, 2.45) is 18.5 Å². The molecule has 0 saturated carbocycles. The van der Waals surface area contributed by atoms with Crippen molar-refractivity contribution in [1.29, 1.82) is 0 Å². The number of hydrogen-bond acceptors (Lipinski definition) is 4. The Kier molecular flexibility index (Phi) is 5.83. The summed E-state index contributed by atoms with van der Waals surface area (Å²) < 4.78 is 14.9. The second-order valence-electron chi connectivity index (χ2n) is 6.61. The Hall–Kier alpha value is -2.77. The zero-order valence-corrected chi connectivity index (χ0v) is 15.3. The van der Waals surface area contributed by atoms with Crippen molar-refractivity contribution in [2.75, 3.05) is 13.1 Å². The first-order chi connectivity index (χ1) is 13.0. The highest BCUT2D eigenvalue weighted by atomic mass is 19.1. The molecule has 0 unspecified atom stereocenters. The lowest BCUT2D eigenvalue weighted by atomic mass is 10.1. The molecule has 0 spiro atoms. The van der Waals surface area contributed by atoms with Crippen molar-refractivity contribution >= 4 is 16.9 Å². The Bertz CT molecular complexity index is 935. The maximum absolute atomic E-state index is 13.1. The Morgan fingerprint density at radius 1 is 1.22 bits per heavy atom. The molecule has 1 heterocycles. The lowest BCUT2D eigenvalue weighted by molar-refractivity contribution is 0.0937. The van der Waals surface area contributed by atoms with E-state index in [0.717, 1.165) is 29.5 Å². The molecule has 0 fully saturated rings. The second kappa shape index (κ2) is 8.28. The summed E-state index contributed by atoms with van der Waals surface area (Å²) in [5.41, 5.74) is 14.8. The highest BCUT2D eigenvalue weighted by molar-refractivity contribution is 5.95. The zero-order chi connectivity index (χ0) is 19.4. The minimum absolute atomic E-state index is 0.128. The number of carbonyl (C=O) groups is 1. The van der Waals surface area contributed by atoms with Crippen molar-refractivity contribution in [2.45, 2.75) is 18.9 Å². The predicted molar refractivity (Wildman–Crippen MR) is 105 cm³/mol. The van der Waals surface area contributed by atoms with E-state index in [9.17, 15) is 9.18 Å². The van der Waals surface area contributed by atoms with Crippen LogP contribution in [-0.2, 0) is 7.05 Å². The van der Waals surface area contributed by atoms with Crippen LogP contribution >= 0.6 is 0 Å². The van der Waals surface area contributed by atoms with E-state index >= 15 is 0 Å². The first kappa shape index (κ1) is 19.0. The molecule has 3 rings (SSSR count). The standard InChI is InChI=1S/C20H24FN5O/c1-26-18-9-6-14(13-4-7-15(21)8-5-13)11-17(18)25-19(26)20(27)24-12-16(23)3-2-10-22/h4-9,11,16H,2-3,10,12,22-23H2,1H3,(H,24,27)/t16-/m0/s1. The van der Waals surface area contributed by atoms with Gasteiger partial charge in [0.2, 0.25) is 0 Å². The largest absolute Gasteiger partial charge is 0.348 e. The van der Waals surface area contributed by atoms with E-state index in [0.29, 0.717) is 24.4 Å². The summed E-state index contributed by atoms with van der Waals surface area (Å²) in [5, 5.41) is 2.83. The third kappa shape index (κ3) is 4.32. The van der Waals surface area contributed by atoms with Crippen LogP contribution in [0.1, 0.15) is 23.5 Å². The highest BCUT2D eigenvalue weighted by Gasteiger charge is 2.16. The average Bonchev–Trinajstić information content (AvgIpc) is 3.01. The Labute approximate surface area is 157 Å². The number of aromatic nitrogens is 2. The first-order valence-corrected chi connectivity index (χ1v) is 8.96. The molecule has 5 N–H and O–H groups in total. The van der Waals surface area contributed by atoms with E-state index in [-0.39, 0.29) is 17.8 Å². The molecule has 3 aromatic rings. The van der Waals surface area contributed by atoms with Crippen molar-refractivity contribution in [3.8, 4) is 11.1 Å². The number of nitrogens with one attached hydrogen (secondary N) is 1. The van der Waals surface area contributed by atoms with Gasteiger partial charge in [0.15, 0.2) is 5.82 Å². The monoisotopic (exact) mass is 369 g/mol. The molecular formula is C20H24FN5O. The quantitative estimate of drug-likeness (QED) is 0.594. The van der Waals surface area contributed by atoms with Crippen LogP contribution in [0.25, 0.3) is 22.2 Å². The summed E-state index contributed by atoms with van der Waals surface area (Å²) in [6, 6.07) is 11.9. The molecule has 0 bridgehead atoms. The number of benzene rings is 2. The van der Waals surface area contributed by atoms with Crippen molar-refractivity contribution < 1.29 is 9.18 Å². The van der Waals surface area contributed by atoms with Gasteiger partial charge in [-0.2, -0.15) is 0 Å². The van der Waals surface area contributed by atoms with Crippen LogP contribution in [0.5, 0.6) is 0 Å². The lowest BCUT2D eigenvalue weighted by Crippen LogP contribution is -2.38. The molecule has 0 aliphatic rings. The number of aryl methyl sites for hydroxylation is 1. The van der Waals surface area contributed by atoms with Crippen molar-refractivity contribution in [3.63, 3.8) is 0 Å². The molecule has 142 valence electrons. The molecule has 0 radical (unpaired) electrons. The van der Waals surface area contributed by atoms with Crippen LogP contribution in [0.3, 0.4) is 0 Å². The molecule has 0 aliphatic heterocycles. The Morgan fingerprint density at radius 3 is 2.63 bits per heavy atom. The van der Waals surface area contributed by atoms with E-state index in [2.05, 4.69) is 10.3 Å². The fourth-order valence-corrected chi connectivity index (χ4v) is 3.01. The van der Waals surface area contributed by atoms with E-state index in [1.807, 2.05) is 18.2 Å². The van der Waals surface area contributed by atoms with Crippen LogP contribution < -0.4 is 16.8 Å². The van der Waals surface area contributed by atoms with Crippen LogP contribution in [0.2, 0.25) is 0 Å². The van der Waals surface area contributed by atoms with Gasteiger partial charge < -0.3 is 21.4 Å². The van der Waals surface area contributed by atoms with Gasteiger partial charge in [0.25, 0.3) is 5.91 Å². The molecule has 1 amide bonds. The summed E-state index contributed by atoms with van der Waals surface area (Å²) in [4.78, 5) is 17.0. The molecule has 7 heteroatoms. The number of amides is 1. The smallest absolute Gasteiger partial charge is 0.287 e. The summed E-state index contributed by atoms with van der Waals surface area (Å²) in [6.45, 7) is 0.964. The van der Waals surface area contributed by atoms with Gasteiger partial charge >= 0.3 is 0 Å². The number of fused-ring (bicyclic) bond motifs is 1. The van der Waals surface area contributed by atoms with Gasteiger partial charge in [-0.25, -0.2) is 9.37 Å².